The van der Waals surface area contributed by atoms with Crippen LogP contribution >= 0.6 is 12.4 Å². The zero-order valence-corrected chi connectivity index (χ0v) is 15.6. The molecule has 3 rings (SSSR count). The van der Waals surface area contributed by atoms with Crippen molar-refractivity contribution in [3.8, 4) is 0 Å². The van der Waals surface area contributed by atoms with Crippen LogP contribution in [0.1, 0.15) is 24.3 Å². The van der Waals surface area contributed by atoms with Gasteiger partial charge in [0.25, 0.3) is 10.2 Å². The van der Waals surface area contributed by atoms with Crippen LogP contribution in [0, 0.1) is 5.92 Å². The van der Waals surface area contributed by atoms with E-state index in [9.17, 15) is 13.2 Å². The molecule has 2 heterocycles. The van der Waals surface area contributed by atoms with Crippen molar-refractivity contribution >= 4 is 28.5 Å². The highest BCUT2D eigenvalue weighted by Gasteiger charge is 2.38. The Hall–Kier alpha value is -1.19. The fourth-order valence-electron chi connectivity index (χ4n) is 3.68. The van der Waals surface area contributed by atoms with E-state index in [1.54, 1.807) is 0 Å². The van der Waals surface area contributed by atoms with Crippen LogP contribution in [-0.4, -0.2) is 55.8 Å². The van der Waals surface area contributed by atoms with E-state index >= 15 is 0 Å². The van der Waals surface area contributed by atoms with Crippen LogP contribution in [0.3, 0.4) is 0 Å². The standard InChI is InChI=1S/C16H24N4O3S.ClH/c17-15-11-19(10-14(15)12-4-2-1-3-5-12)16(21)13-6-8-20(9-7-13)24(18,22)23;/h1-5,13-15H,6-11,17H2,(H2,18,22,23);1H/t14-,15+;/m0./s1. The van der Waals surface area contributed by atoms with E-state index in [1.807, 2.05) is 35.2 Å². The lowest BCUT2D eigenvalue weighted by Gasteiger charge is -2.31. The van der Waals surface area contributed by atoms with Gasteiger partial charge in [0, 0.05) is 44.1 Å². The van der Waals surface area contributed by atoms with Crippen LogP contribution < -0.4 is 10.9 Å². The normalized spacial score (nSPS) is 25.6. The summed E-state index contributed by atoms with van der Waals surface area (Å²) in [5.41, 5.74) is 7.41. The number of nitrogens with two attached hydrogens (primary N) is 2. The highest BCUT2D eigenvalue weighted by atomic mass is 35.5. The summed E-state index contributed by atoms with van der Waals surface area (Å²) in [4.78, 5) is 14.6. The molecule has 140 valence electrons. The fourth-order valence-corrected chi connectivity index (χ4v) is 4.40. The van der Waals surface area contributed by atoms with Crippen molar-refractivity contribution in [2.75, 3.05) is 26.2 Å². The Morgan fingerprint density at radius 2 is 1.68 bits per heavy atom. The number of halogens is 1. The molecule has 9 heteroatoms. The molecule has 0 aliphatic carbocycles. The van der Waals surface area contributed by atoms with Crippen LogP contribution in [0.4, 0.5) is 0 Å². The minimum absolute atomic E-state index is 0. The summed E-state index contributed by atoms with van der Waals surface area (Å²) in [7, 11) is -3.66. The topological polar surface area (TPSA) is 110 Å². The van der Waals surface area contributed by atoms with Crippen molar-refractivity contribution in [1.29, 1.82) is 0 Å². The Morgan fingerprint density at radius 1 is 1.08 bits per heavy atom. The third-order valence-electron chi connectivity index (χ3n) is 5.07. The summed E-state index contributed by atoms with van der Waals surface area (Å²) in [6.45, 7) is 1.78. The second-order valence-electron chi connectivity index (χ2n) is 6.64. The smallest absolute Gasteiger partial charge is 0.276 e. The molecule has 0 radical (unpaired) electrons. The van der Waals surface area contributed by atoms with Gasteiger partial charge in [0.1, 0.15) is 0 Å². The Labute approximate surface area is 154 Å². The van der Waals surface area contributed by atoms with E-state index in [0.717, 1.165) is 5.56 Å². The number of hydrogen-bond donors (Lipinski definition) is 2. The van der Waals surface area contributed by atoms with E-state index in [4.69, 9.17) is 10.9 Å². The lowest BCUT2D eigenvalue weighted by atomic mass is 9.95. The van der Waals surface area contributed by atoms with Crippen LogP contribution in [0.25, 0.3) is 0 Å². The average Bonchev–Trinajstić information content (AvgIpc) is 2.96. The van der Waals surface area contributed by atoms with E-state index in [0.29, 0.717) is 39.0 Å². The molecule has 1 aromatic rings. The van der Waals surface area contributed by atoms with Crippen LogP contribution in [0.2, 0.25) is 0 Å². The minimum atomic E-state index is -3.66. The van der Waals surface area contributed by atoms with Crippen molar-refractivity contribution in [2.45, 2.75) is 24.8 Å². The number of hydrogen-bond acceptors (Lipinski definition) is 4. The molecule has 2 aliphatic heterocycles. The molecule has 2 saturated heterocycles. The van der Waals surface area contributed by atoms with Gasteiger partial charge in [-0.1, -0.05) is 30.3 Å². The summed E-state index contributed by atoms with van der Waals surface area (Å²) in [5, 5.41) is 5.14. The number of carbonyl (C=O) groups is 1. The lowest BCUT2D eigenvalue weighted by Crippen LogP contribution is -2.46. The van der Waals surface area contributed by atoms with Gasteiger partial charge in [0.05, 0.1) is 0 Å². The Morgan fingerprint density at radius 3 is 2.24 bits per heavy atom. The molecule has 0 unspecified atom stereocenters. The van der Waals surface area contributed by atoms with Crippen LogP contribution in [0.5, 0.6) is 0 Å². The predicted octanol–water partition coefficient (Wildman–Crippen LogP) is 0.277. The van der Waals surface area contributed by atoms with Crippen LogP contribution in [0.15, 0.2) is 30.3 Å². The number of benzene rings is 1. The van der Waals surface area contributed by atoms with Gasteiger partial charge < -0.3 is 10.6 Å². The number of rotatable bonds is 3. The third kappa shape index (κ3) is 4.51. The molecule has 2 aliphatic rings. The van der Waals surface area contributed by atoms with Gasteiger partial charge in [0.2, 0.25) is 5.91 Å². The summed E-state index contributed by atoms with van der Waals surface area (Å²) < 4.78 is 23.9. The first kappa shape index (κ1) is 20.1. The summed E-state index contributed by atoms with van der Waals surface area (Å²) in [6, 6.07) is 9.95. The maximum absolute atomic E-state index is 12.8. The molecule has 25 heavy (non-hydrogen) atoms. The van der Waals surface area contributed by atoms with Crippen LogP contribution in [-0.2, 0) is 15.0 Å². The number of nitrogens with zero attached hydrogens (tertiary/aromatic N) is 2. The van der Waals surface area contributed by atoms with Gasteiger partial charge in [-0.2, -0.15) is 12.7 Å². The Balaban J connectivity index is 0.00000225. The summed E-state index contributed by atoms with van der Waals surface area (Å²) in [5.74, 6) is 0.0855. The highest BCUT2D eigenvalue weighted by molar-refractivity contribution is 7.86. The number of amides is 1. The fraction of sp³-hybridized carbons (Fsp3) is 0.562. The summed E-state index contributed by atoms with van der Waals surface area (Å²) >= 11 is 0. The Kier molecular flexibility index (Phi) is 6.45. The second kappa shape index (κ2) is 8.01. The van der Waals surface area contributed by atoms with Crippen molar-refractivity contribution in [3.05, 3.63) is 35.9 Å². The number of piperidine rings is 1. The van der Waals surface area contributed by atoms with E-state index < -0.39 is 10.2 Å². The highest BCUT2D eigenvalue weighted by Crippen LogP contribution is 2.29. The molecule has 1 amide bonds. The quantitative estimate of drug-likeness (QED) is 0.774. The largest absolute Gasteiger partial charge is 0.340 e. The molecule has 0 spiro atoms. The maximum Gasteiger partial charge on any atom is 0.276 e. The molecule has 0 aromatic heterocycles. The SMILES string of the molecule is Cl.N[C@@H]1CN(C(=O)C2CCN(S(N)(=O)=O)CC2)C[C@H]1c1ccccc1. The lowest BCUT2D eigenvalue weighted by molar-refractivity contribution is -0.135. The molecule has 4 N–H and O–H groups in total. The van der Waals surface area contributed by atoms with E-state index in [1.165, 1.54) is 4.31 Å². The van der Waals surface area contributed by atoms with Gasteiger partial charge >= 0.3 is 0 Å². The monoisotopic (exact) mass is 388 g/mol. The Bertz CT molecular complexity index is 693. The van der Waals surface area contributed by atoms with Gasteiger partial charge in [-0.05, 0) is 18.4 Å². The molecule has 1 aromatic carbocycles. The van der Waals surface area contributed by atoms with Gasteiger partial charge in [-0.3, -0.25) is 4.79 Å². The first-order chi connectivity index (χ1) is 11.4. The third-order valence-corrected chi connectivity index (χ3v) is 6.15. The zero-order chi connectivity index (χ0) is 17.3. The molecule has 2 fully saturated rings. The molecular formula is C16H25ClN4O3S. The predicted molar refractivity (Wildman–Crippen MR) is 98.4 cm³/mol. The number of likely N-dealkylation sites (tertiary alicyclic amines) is 1. The first-order valence-electron chi connectivity index (χ1n) is 8.23. The van der Waals surface area contributed by atoms with Gasteiger partial charge in [-0.25, -0.2) is 5.14 Å². The van der Waals surface area contributed by atoms with Crippen molar-refractivity contribution in [1.82, 2.24) is 9.21 Å². The number of carbonyl (C=O) groups excluding carboxylic acids is 1. The van der Waals surface area contributed by atoms with Gasteiger partial charge in [0.15, 0.2) is 0 Å². The van der Waals surface area contributed by atoms with Crippen molar-refractivity contribution in [2.24, 2.45) is 16.8 Å². The first-order valence-corrected chi connectivity index (χ1v) is 9.74. The van der Waals surface area contributed by atoms with Crippen molar-refractivity contribution in [3.63, 3.8) is 0 Å². The molecule has 0 saturated carbocycles. The van der Waals surface area contributed by atoms with E-state index in [2.05, 4.69) is 0 Å². The molecular weight excluding hydrogens is 364 g/mol. The summed E-state index contributed by atoms with van der Waals surface area (Å²) in [6.07, 6.45) is 1.02. The zero-order valence-electron chi connectivity index (χ0n) is 14.0. The van der Waals surface area contributed by atoms with Gasteiger partial charge in [-0.15, -0.1) is 12.4 Å². The molecule has 7 nitrogen and oxygen atoms in total. The molecule has 2 atom stereocenters. The minimum Gasteiger partial charge on any atom is -0.340 e. The average molecular weight is 389 g/mol. The van der Waals surface area contributed by atoms with Crippen molar-refractivity contribution < 1.29 is 13.2 Å². The van der Waals surface area contributed by atoms with E-state index in [-0.39, 0.29) is 36.2 Å². The second-order valence-corrected chi connectivity index (χ2v) is 8.19. The maximum atomic E-state index is 12.8. The molecule has 0 bridgehead atoms.